The first-order valence-corrected chi connectivity index (χ1v) is 5.80. The Balaban J connectivity index is 0.000000385. The minimum atomic E-state index is -0.290. The second kappa shape index (κ2) is 10.9. The fourth-order valence-electron chi connectivity index (χ4n) is 1.15. The lowest BCUT2D eigenvalue weighted by Gasteiger charge is -2.07. The largest absolute Gasteiger partial charge is 0.382 e. The van der Waals surface area contributed by atoms with Gasteiger partial charge in [0.05, 0.1) is 0 Å². The fraction of sp³-hybridized carbons (Fsp3) is 0.909. The molecule has 1 amide bonds. The molecule has 0 spiro atoms. The summed E-state index contributed by atoms with van der Waals surface area (Å²) in [5.74, 6) is -0.0234. The van der Waals surface area contributed by atoms with Gasteiger partial charge in [0, 0.05) is 32.8 Å². The third-order valence-corrected chi connectivity index (χ3v) is 1.96. The number of rotatable bonds is 6. The number of hydrogen-bond acceptors (Lipinski definition) is 4. The molecule has 0 aromatic rings. The minimum Gasteiger partial charge on any atom is -0.382 e. The predicted molar refractivity (Wildman–Crippen MR) is 61.2 cm³/mol. The average Bonchev–Trinajstić information content (AvgIpc) is 2.67. The second-order valence-electron chi connectivity index (χ2n) is 3.13. The molecule has 1 saturated heterocycles. The molecule has 1 fully saturated rings. The third-order valence-electron chi connectivity index (χ3n) is 1.96. The zero-order chi connectivity index (χ0) is 12.2. The van der Waals surface area contributed by atoms with Crippen LogP contribution in [0.3, 0.4) is 0 Å². The van der Waals surface area contributed by atoms with E-state index in [0.29, 0.717) is 6.61 Å². The number of amides is 1. The molecule has 0 bridgehead atoms. The van der Waals surface area contributed by atoms with Gasteiger partial charge in [0.2, 0.25) is 5.91 Å². The van der Waals surface area contributed by atoms with Crippen LogP contribution in [0.4, 0.5) is 0 Å². The Morgan fingerprint density at radius 1 is 1.19 bits per heavy atom. The van der Waals surface area contributed by atoms with E-state index in [4.69, 9.17) is 14.2 Å². The molecule has 1 N–H and O–H groups in total. The molecule has 1 rings (SSSR count). The highest BCUT2D eigenvalue weighted by atomic mass is 16.7. The maximum atomic E-state index is 10.9. The third kappa shape index (κ3) is 7.62. The predicted octanol–water partition coefficient (Wildman–Crippen LogP) is 0.928. The van der Waals surface area contributed by atoms with Crippen molar-refractivity contribution in [1.29, 1.82) is 0 Å². The topological polar surface area (TPSA) is 56.8 Å². The SMILES string of the molecule is CCOCC.CCOCOC1CCNC1=O. The fourth-order valence-corrected chi connectivity index (χ4v) is 1.15. The molecule has 1 unspecified atom stereocenters. The number of ether oxygens (including phenoxy) is 3. The van der Waals surface area contributed by atoms with Gasteiger partial charge in [0.15, 0.2) is 0 Å². The Morgan fingerprint density at radius 3 is 2.19 bits per heavy atom. The molecule has 1 aliphatic heterocycles. The van der Waals surface area contributed by atoms with Gasteiger partial charge in [-0.2, -0.15) is 0 Å². The van der Waals surface area contributed by atoms with E-state index in [1.54, 1.807) is 0 Å². The van der Waals surface area contributed by atoms with Crippen molar-refractivity contribution in [3.05, 3.63) is 0 Å². The summed E-state index contributed by atoms with van der Waals surface area (Å²) in [6, 6.07) is 0. The van der Waals surface area contributed by atoms with Gasteiger partial charge >= 0.3 is 0 Å². The van der Waals surface area contributed by atoms with Gasteiger partial charge in [-0.05, 0) is 20.8 Å². The second-order valence-corrected chi connectivity index (χ2v) is 3.13. The van der Waals surface area contributed by atoms with E-state index in [0.717, 1.165) is 26.2 Å². The summed E-state index contributed by atoms with van der Waals surface area (Å²) < 4.78 is 14.9. The zero-order valence-electron chi connectivity index (χ0n) is 10.5. The number of carbonyl (C=O) groups excluding carboxylic acids is 1. The van der Waals surface area contributed by atoms with E-state index in [2.05, 4.69) is 5.32 Å². The van der Waals surface area contributed by atoms with E-state index in [9.17, 15) is 4.79 Å². The quantitative estimate of drug-likeness (QED) is 0.547. The van der Waals surface area contributed by atoms with Crippen LogP contribution in [0.5, 0.6) is 0 Å². The summed E-state index contributed by atoms with van der Waals surface area (Å²) in [5, 5.41) is 2.68. The maximum absolute atomic E-state index is 10.9. The van der Waals surface area contributed by atoms with Gasteiger partial charge in [-0.1, -0.05) is 0 Å². The Labute approximate surface area is 97.4 Å². The Morgan fingerprint density at radius 2 is 1.81 bits per heavy atom. The van der Waals surface area contributed by atoms with Crippen LogP contribution in [0.25, 0.3) is 0 Å². The number of hydrogen-bond donors (Lipinski definition) is 1. The van der Waals surface area contributed by atoms with Crippen LogP contribution in [-0.4, -0.2) is 45.2 Å². The van der Waals surface area contributed by atoms with Gasteiger partial charge < -0.3 is 19.5 Å². The molecular weight excluding hydrogens is 210 g/mol. The van der Waals surface area contributed by atoms with Crippen molar-refractivity contribution < 1.29 is 19.0 Å². The number of nitrogens with one attached hydrogen (secondary N) is 1. The van der Waals surface area contributed by atoms with Crippen LogP contribution < -0.4 is 5.32 Å². The van der Waals surface area contributed by atoms with Gasteiger partial charge in [-0.3, -0.25) is 4.79 Å². The maximum Gasteiger partial charge on any atom is 0.249 e. The summed E-state index contributed by atoms with van der Waals surface area (Å²) in [7, 11) is 0. The Kier molecular flexibility index (Phi) is 10.4. The Hall–Kier alpha value is -0.650. The summed E-state index contributed by atoms with van der Waals surface area (Å²) in [5.41, 5.74) is 0. The normalized spacial score (nSPS) is 18.9. The zero-order valence-corrected chi connectivity index (χ0v) is 10.5. The van der Waals surface area contributed by atoms with Crippen molar-refractivity contribution in [3.8, 4) is 0 Å². The van der Waals surface area contributed by atoms with Crippen LogP contribution in [0.2, 0.25) is 0 Å². The first-order chi connectivity index (χ1) is 7.76. The monoisotopic (exact) mass is 233 g/mol. The van der Waals surface area contributed by atoms with Gasteiger partial charge in [0.25, 0.3) is 0 Å². The highest BCUT2D eigenvalue weighted by molar-refractivity contribution is 5.82. The standard InChI is InChI=1S/C7H13NO3.C4H10O/c1-2-10-5-11-6-3-4-8-7(6)9;1-3-5-4-2/h6H,2-5H2,1H3,(H,8,9);3-4H2,1-2H3. The lowest BCUT2D eigenvalue weighted by atomic mass is 10.3. The van der Waals surface area contributed by atoms with Gasteiger partial charge in [-0.15, -0.1) is 0 Å². The van der Waals surface area contributed by atoms with E-state index in [1.165, 1.54) is 0 Å². The molecule has 0 aromatic heterocycles. The highest BCUT2D eigenvalue weighted by Crippen LogP contribution is 2.04. The van der Waals surface area contributed by atoms with E-state index < -0.39 is 0 Å². The molecule has 5 nitrogen and oxygen atoms in total. The van der Waals surface area contributed by atoms with Crippen molar-refractivity contribution in [2.75, 3.05) is 33.2 Å². The molecule has 5 heteroatoms. The smallest absolute Gasteiger partial charge is 0.249 e. The molecule has 0 radical (unpaired) electrons. The van der Waals surface area contributed by atoms with Crippen LogP contribution in [0, 0.1) is 0 Å². The summed E-state index contributed by atoms with van der Waals surface area (Å²) >= 11 is 0. The first-order valence-electron chi connectivity index (χ1n) is 5.80. The lowest BCUT2D eigenvalue weighted by molar-refractivity contribution is -0.139. The summed E-state index contributed by atoms with van der Waals surface area (Å²) in [4.78, 5) is 10.9. The summed E-state index contributed by atoms with van der Waals surface area (Å²) in [6.45, 7) is 9.11. The highest BCUT2D eigenvalue weighted by Gasteiger charge is 2.24. The van der Waals surface area contributed by atoms with E-state index in [1.807, 2.05) is 20.8 Å². The van der Waals surface area contributed by atoms with E-state index in [-0.39, 0.29) is 18.8 Å². The van der Waals surface area contributed by atoms with Crippen molar-refractivity contribution in [2.24, 2.45) is 0 Å². The molecular formula is C11H23NO4. The van der Waals surface area contributed by atoms with Crippen molar-refractivity contribution in [1.82, 2.24) is 5.32 Å². The van der Waals surface area contributed by atoms with Crippen LogP contribution in [-0.2, 0) is 19.0 Å². The van der Waals surface area contributed by atoms with Gasteiger partial charge in [0.1, 0.15) is 12.9 Å². The molecule has 0 saturated carbocycles. The molecule has 0 aromatic carbocycles. The lowest BCUT2D eigenvalue weighted by Crippen LogP contribution is -2.26. The van der Waals surface area contributed by atoms with Crippen molar-refractivity contribution in [2.45, 2.75) is 33.3 Å². The molecule has 1 heterocycles. The minimum absolute atomic E-state index is 0.0234. The first kappa shape index (κ1) is 15.3. The van der Waals surface area contributed by atoms with Gasteiger partial charge in [-0.25, -0.2) is 0 Å². The van der Waals surface area contributed by atoms with Crippen LogP contribution >= 0.6 is 0 Å². The molecule has 16 heavy (non-hydrogen) atoms. The molecule has 1 aliphatic rings. The number of carbonyl (C=O) groups is 1. The van der Waals surface area contributed by atoms with Crippen LogP contribution in [0.15, 0.2) is 0 Å². The molecule has 0 aliphatic carbocycles. The molecule has 96 valence electrons. The van der Waals surface area contributed by atoms with Crippen molar-refractivity contribution in [3.63, 3.8) is 0 Å². The van der Waals surface area contributed by atoms with E-state index >= 15 is 0 Å². The average molecular weight is 233 g/mol. The molecule has 1 atom stereocenters. The van der Waals surface area contributed by atoms with Crippen molar-refractivity contribution >= 4 is 5.91 Å². The Bertz CT molecular complexity index is 173. The van der Waals surface area contributed by atoms with Crippen LogP contribution in [0.1, 0.15) is 27.2 Å². The summed E-state index contributed by atoms with van der Waals surface area (Å²) in [6.07, 6.45) is 0.466.